The molecule has 1 aliphatic heterocycles. The topological polar surface area (TPSA) is 55.8 Å². The Hall–Kier alpha value is -1.10. The van der Waals surface area contributed by atoms with Crippen molar-refractivity contribution < 1.29 is 19.7 Å². The summed E-state index contributed by atoms with van der Waals surface area (Å²) >= 11 is 5.73. The van der Waals surface area contributed by atoms with Crippen molar-refractivity contribution in [3.8, 4) is 0 Å². The zero-order valence-electron chi connectivity index (χ0n) is 10.5. The maximum Gasteiger partial charge on any atom is 0.373 e. The van der Waals surface area contributed by atoms with Gasteiger partial charge in [0.2, 0.25) is 0 Å². The van der Waals surface area contributed by atoms with Crippen molar-refractivity contribution in [1.82, 2.24) is 0 Å². The molecule has 0 radical (unpaired) electrons. The Labute approximate surface area is 111 Å². The van der Waals surface area contributed by atoms with Crippen molar-refractivity contribution in [1.29, 1.82) is 0 Å². The lowest BCUT2D eigenvalue weighted by molar-refractivity contribution is -0.182. The zero-order valence-corrected chi connectivity index (χ0v) is 11.2. The molecular formula is C13H17ClO4. The van der Waals surface area contributed by atoms with Crippen molar-refractivity contribution in [3.63, 3.8) is 0 Å². The lowest BCUT2D eigenvalue weighted by atomic mass is 10.1. The zero-order chi connectivity index (χ0) is 13.5. The van der Waals surface area contributed by atoms with E-state index in [1.807, 2.05) is 0 Å². The van der Waals surface area contributed by atoms with Gasteiger partial charge in [0.1, 0.15) is 0 Å². The molecule has 1 N–H and O–H groups in total. The van der Waals surface area contributed by atoms with Crippen molar-refractivity contribution >= 4 is 17.6 Å². The van der Waals surface area contributed by atoms with Gasteiger partial charge in [-0.1, -0.05) is 17.7 Å². The highest BCUT2D eigenvalue weighted by Crippen LogP contribution is 2.18. The van der Waals surface area contributed by atoms with Crippen LogP contribution < -0.4 is 0 Å². The molecule has 18 heavy (non-hydrogen) atoms. The van der Waals surface area contributed by atoms with Crippen LogP contribution in [0.25, 0.3) is 0 Å². The predicted molar refractivity (Wildman–Crippen MR) is 68.9 cm³/mol. The third-order valence-corrected chi connectivity index (χ3v) is 3.14. The summed E-state index contributed by atoms with van der Waals surface area (Å²) in [7, 11) is 0. The fourth-order valence-electron chi connectivity index (χ4n) is 1.62. The Morgan fingerprint density at radius 2 is 2.28 bits per heavy atom. The molecule has 0 amide bonds. The first-order valence-electron chi connectivity index (χ1n) is 5.78. The third-order valence-electron chi connectivity index (χ3n) is 2.73. The molecule has 1 atom stereocenters. The molecular weight excluding hydrogens is 256 g/mol. The predicted octanol–water partition coefficient (Wildman–Crippen LogP) is 3.46. The van der Waals surface area contributed by atoms with E-state index in [9.17, 15) is 4.79 Å². The summed E-state index contributed by atoms with van der Waals surface area (Å²) in [4.78, 5) is 14.4. The molecule has 0 spiro atoms. The largest absolute Gasteiger partial charge is 0.379 e. The van der Waals surface area contributed by atoms with Crippen LogP contribution in [-0.2, 0) is 9.62 Å². The minimum atomic E-state index is -0.796. The van der Waals surface area contributed by atoms with E-state index in [4.69, 9.17) is 21.6 Å². The van der Waals surface area contributed by atoms with Crippen LogP contribution in [0.2, 0.25) is 5.02 Å². The normalized spacial score (nSPS) is 17.9. The van der Waals surface area contributed by atoms with Crippen LogP contribution in [0.5, 0.6) is 0 Å². The molecule has 1 heterocycles. The summed E-state index contributed by atoms with van der Waals surface area (Å²) in [6, 6.07) is 4.80. The quantitative estimate of drug-likeness (QED) is 0.628. The van der Waals surface area contributed by atoms with E-state index in [-0.39, 0.29) is 5.56 Å². The Balaban J connectivity index is 0.000000225. The Morgan fingerprint density at radius 3 is 2.72 bits per heavy atom. The molecule has 1 saturated heterocycles. The van der Waals surface area contributed by atoms with Crippen molar-refractivity contribution in [2.24, 2.45) is 0 Å². The van der Waals surface area contributed by atoms with Gasteiger partial charge < -0.3 is 4.74 Å². The number of benzene rings is 1. The van der Waals surface area contributed by atoms with E-state index in [1.165, 1.54) is 18.9 Å². The monoisotopic (exact) mass is 272 g/mol. The maximum absolute atomic E-state index is 10.9. The van der Waals surface area contributed by atoms with Gasteiger partial charge in [0.25, 0.3) is 0 Å². The van der Waals surface area contributed by atoms with Crippen LogP contribution in [0, 0.1) is 6.92 Å². The van der Waals surface area contributed by atoms with Crippen molar-refractivity contribution in [2.75, 3.05) is 6.61 Å². The van der Waals surface area contributed by atoms with Gasteiger partial charge >= 0.3 is 5.97 Å². The molecule has 5 heteroatoms. The number of carbonyl (C=O) groups excluding carboxylic acids is 1. The number of carbonyl (C=O) groups is 1. The smallest absolute Gasteiger partial charge is 0.373 e. The average molecular weight is 273 g/mol. The maximum atomic E-state index is 10.9. The van der Waals surface area contributed by atoms with Crippen LogP contribution in [0.1, 0.15) is 35.7 Å². The van der Waals surface area contributed by atoms with Crippen molar-refractivity contribution in [3.05, 3.63) is 34.3 Å². The second kappa shape index (κ2) is 7.36. The van der Waals surface area contributed by atoms with Gasteiger partial charge in [0.05, 0.1) is 11.7 Å². The summed E-state index contributed by atoms with van der Waals surface area (Å²) in [6.07, 6.45) is 3.08. The Morgan fingerprint density at radius 1 is 1.56 bits per heavy atom. The fraction of sp³-hybridized carbons (Fsp3) is 0.462. The summed E-state index contributed by atoms with van der Waals surface area (Å²) in [6.45, 7) is 4.78. The second-order valence-corrected chi connectivity index (χ2v) is 4.52. The number of rotatable bonds is 1. The third kappa shape index (κ3) is 4.29. The van der Waals surface area contributed by atoms with E-state index in [2.05, 4.69) is 11.8 Å². The molecule has 1 fully saturated rings. The van der Waals surface area contributed by atoms with Gasteiger partial charge in [-0.15, -0.1) is 0 Å². The van der Waals surface area contributed by atoms with Gasteiger partial charge in [-0.3, -0.25) is 4.89 Å². The van der Waals surface area contributed by atoms with Gasteiger partial charge in [-0.2, -0.15) is 5.26 Å². The molecule has 4 nitrogen and oxygen atoms in total. The van der Waals surface area contributed by atoms with E-state index in [0.717, 1.165) is 6.61 Å². The molecule has 1 unspecified atom stereocenters. The Kier molecular flexibility index (Phi) is 6.12. The fourth-order valence-corrected chi connectivity index (χ4v) is 1.79. The molecule has 0 saturated carbocycles. The summed E-state index contributed by atoms with van der Waals surface area (Å²) < 4.78 is 5.15. The summed E-state index contributed by atoms with van der Waals surface area (Å²) in [5, 5.41) is 8.58. The number of hydrogen-bond acceptors (Lipinski definition) is 4. The molecule has 1 aromatic carbocycles. The van der Waals surface area contributed by atoms with E-state index >= 15 is 0 Å². The van der Waals surface area contributed by atoms with Gasteiger partial charge in [-0.25, -0.2) is 4.79 Å². The lowest BCUT2D eigenvalue weighted by Gasteiger charge is -2.02. The highest BCUT2D eigenvalue weighted by Gasteiger charge is 2.11. The average Bonchev–Trinajstić information content (AvgIpc) is 2.84. The molecule has 1 aliphatic rings. The Bertz CT molecular complexity index is 400. The minimum absolute atomic E-state index is 0.269. The molecule has 1 aromatic rings. The SMILES string of the molecule is CC1CCCO1.Cc1c(Cl)cccc1C(=O)OO. The highest BCUT2D eigenvalue weighted by molar-refractivity contribution is 6.31. The van der Waals surface area contributed by atoms with Crippen LogP contribution in [-0.4, -0.2) is 23.9 Å². The highest BCUT2D eigenvalue weighted by atomic mass is 35.5. The first kappa shape index (κ1) is 15.0. The number of hydrogen-bond donors (Lipinski definition) is 1. The number of ether oxygens (including phenoxy) is 1. The second-order valence-electron chi connectivity index (χ2n) is 4.11. The van der Waals surface area contributed by atoms with E-state index < -0.39 is 5.97 Å². The van der Waals surface area contributed by atoms with Crippen LogP contribution in [0.15, 0.2) is 18.2 Å². The van der Waals surface area contributed by atoms with E-state index in [1.54, 1.807) is 19.1 Å². The summed E-state index contributed by atoms with van der Waals surface area (Å²) in [5.74, 6) is -0.796. The van der Waals surface area contributed by atoms with Crippen LogP contribution in [0.4, 0.5) is 0 Å². The van der Waals surface area contributed by atoms with Crippen molar-refractivity contribution in [2.45, 2.75) is 32.8 Å². The lowest BCUT2D eigenvalue weighted by Crippen LogP contribution is -2.03. The first-order valence-corrected chi connectivity index (χ1v) is 6.16. The summed E-state index contributed by atoms with van der Waals surface area (Å²) in [5.41, 5.74) is 0.864. The standard InChI is InChI=1S/C8H7ClO3.C5H10O/c1-5-6(8(10)12-11)3-2-4-7(5)9;1-5-3-2-4-6-5/h2-4,11H,1H3;5H,2-4H2,1H3. The van der Waals surface area contributed by atoms with Crippen LogP contribution >= 0.6 is 11.6 Å². The molecule has 0 aliphatic carbocycles. The van der Waals surface area contributed by atoms with Gasteiger partial charge in [-0.05, 0) is 44.4 Å². The van der Waals surface area contributed by atoms with Gasteiger partial charge in [0.15, 0.2) is 0 Å². The molecule has 100 valence electrons. The number of halogens is 1. The molecule has 2 rings (SSSR count). The molecule has 0 bridgehead atoms. The molecule has 0 aromatic heterocycles. The van der Waals surface area contributed by atoms with E-state index in [0.29, 0.717) is 16.7 Å². The van der Waals surface area contributed by atoms with Crippen LogP contribution in [0.3, 0.4) is 0 Å². The first-order chi connectivity index (χ1) is 8.56. The minimum Gasteiger partial charge on any atom is -0.379 e. The van der Waals surface area contributed by atoms with Gasteiger partial charge in [0, 0.05) is 11.6 Å².